The fraction of sp³-hybridized carbons (Fsp3) is 0.273. The number of aliphatic carboxylic acids is 1. The second-order valence-electron chi connectivity index (χ2n) is 3.62. The maximum atomic E-state index is 11.6. The van der Waals surface area contributed by atoms with Gasteiger partial charge in [-0.1, -0.05) is 6.07 Å². The Morgan fingerprint density at radius 3 is 2.88 bits per heavy atom. The van der Waals surface area contributed by atoms with Gasteiger partial charge in [0.15, 0.2) is 0 Å². The summed E-state index contributed by atoms with van der Waals surface area (Å²) in [7, 11) is 0. The maximum absolute atomic E-state index is 11.6. The summed E-state index contributed by atoms with van der Waals surface area (Å²) in [4.78, 5) is 26.4. The molecule has 0 aliphatic carbocycles. The molecule has 0 spiro atoms. The highest BCUT2D eigenvalue weighted by atomic mass is 16.4. The van der Waals surface area contributed by atoms with Crippen LogP contribution in [0.1, 0.15) is 18.5 Å². The van der Waals surface area contributed by atoms with E-state index >= 15 is 0 Å². The fourth-order valence-electron chi connectivity index (χ4n) is 1.52. The average molecular weight is 233 g/mol. The van der Waals surface area contributed by atoms with Gasteiger partial charge in [0.05, 0.1) is 12.2 Å². The lowest BCUT2D eigenvalue weighted by molar-refractivity contribution is -0.133. The summed E-state index contributed by atoms with van der Waals surface area (Å²) in [6.45, 7) is 0.205. The number of rotatable bonds is 3. The molecule has 1 aromatic heterocycles. The van der Waals surface area contributed by atoms with Gasteiger partial charge in [0.25, 0.3) is 0 Å². The molecule has 0 radical (unpaired) electrons. The predicted octanol–water partition coefficient (Wildman–Crippen LogP) is 0.645. The van der Waals surface area contributed by atoms with Crippen LogP contribution in [0.25, 0.3) is 0 Å². The predicted molar refractivity (Wildman–Crippen MR) is 59.1 cm³/mol. The molecule has 88 valence electrons. The van der Waals surface area contributed by atoms with Gasteiger partial charge in [-0.3, -0.25) is 9.78 Å². The number of hydrogen-bond donors (Lipinski definition) is 1. The van der Waals surface area contributed by atoms with Gasteiger partial charge in [-0.25, -0.2) is 9.80 Å². The molecular formula is C11H11N3O3. The van der Waals surface area contributed by atoms with Crippen LogP contribution < -0.4 is 0 Å². The molecule has 1 amide bonds. The van der Waals surface area contributed by atoms with Crippen molar-refractivity contribution in [3.8, 4) is 0 Å². The van der Waals surface area contributed by atoms with E-state index in [4.69, 9.17) is 5.11 Å². The summed E-state index contributed by atoms with van der Waals surface area (Å²) >= 11 is 0. The van der Waals surface area contributed by atoms with Crippen LogP contribution in [-0.2, 0) is 16.1 Å². The molecule has 2 rings (SSSR count). The van der Waals surface area contributed by atoms with Gasteiger partial charge in [0.1, 0.15) is 5.71 Å². The Morgan fingerprint density at radius 1 is 1.41 bits per heavy atom. The minimum absolute atomic E-state index is 0.0144. The molecular weight excluding hydrogens is 222 g/mol. The van der Waals surface area contributed by atoms with Crippen molar-refractivity contribution in [1.29, 1.82) is 0 Å². The highest BCUT2D eigenvalue weighted by molar-refractivity contribution is 6.36. The van der Waals surface area contributed by atoms with E-state index in [9.17, 15) is 9.59 Å². The second kappa shape index (κ2) is 4.73. The van der Waals surface area contributed by atoms with Crippen molar-refractivity contribution in [1.82, 2.24) is 9.99 Å². The summed E-state index contributed by atoms with van der Waals surface area (Å²) in [5, 5.41) is 13.8. The third kappa shape index (κ3) is 2.66. The number of hydrazone groups is 1. The van der Waals surface area contributed by atoms with Crippen LogP contribution >= 0.6 is 0 Å². The van der Waals surface area contributed by atoms with Gasteiger partial charge >= 0.3 is 5.97 Å². The van der Waals surface area contributed by atoms with Gasteiger partial charge in [-0.05, 0) is 12.1 Å². The lowest BCUT2D eigenvalue weighted by Gasteiger charge is -2.21. The van der Waals surface area contributed by atoms with Gasteiger partial charge in [0, 0.05) is 19.0 Å². The lowest BCUT2D eigenvalue weighted by atomic mass is 10.1. The topological polar surface area (TPSA) is 82.9 Å². The van der Waals surface area contributed by atoms with E-state index in [1.54, 1.807) is 24.4 Å². The van der Waals surface area contributed by atoms with Crippen LogP contribution in [0.4, 0.5) is 0 Å². The number of amides is 1. The van der Waals surface area contributed by atoms with Gasteiger partial charge in [-0.2, -0.15) is 5.10 Å². The number of carbonyl (C=O) groups excluding carboxylic acids is 1. The molecule has 0 fully saturated rings. The van der Waals surface area contributed by atoms with Crippen molar-refractivity contribution in [2.45, 2.75) is 19.4 Å². The molecule has 1 aliphatic heterocycles. The molecule has 0 aromatic carbocycles. The van der Waals surface area contributed by atoms with E-state index in [1.807, 2.05) is 0 Å². The SMILES string of the molecule is O=C(O)C1=NN(Cc2ccccn2)C(=O)CC1. The summed E-state index contributed by atoms with van der Waals surface area (Å²) in [6.07, 6.45) is 1.98. The smallest absolute Gasteiger partial charge is 0.352 e. The third-order valence-electron chi connectivity index (χ3n) is 2.39. The van der Waals surface area contributed by atoms with E-state index in [0.717, 1.165) is 5.01 Å². The lowest BCUT2D eigenvalue weighted by Crippen LogP contribution is -2.34. The monoisotopic (exact) mass is 233 g/mol. The Morgan fingerprint density at radius 2 is 2.24 bits per heavy atom. The van der Waals surface area contributed by atoms with Crippen molar-refractivity contribution >= 4 is 17.6 Å². The third-order valence-corrected chi connectivity index (χ3v) is 2.39. The highest BCUT2D eigenvalue weighted by Crippen LogP contribution is 2.12. The molecule has 0 atom stereocenters. The molecule has 1 N–H and O–H groups in total. The van der Waals surface area contributed by atoms with Crippen molar-refractivity contribution in [3.63, 3.8) is 0 Å². The Balaban J connectivity index is 2.16. The van der Waals surface area contributed by atoms with E-state index in [0.29, 0.717) is 5.69 Å². The first-order valence-corrected chi connectivity index (χ1v) is 5.18. The number of aromatic nitrogens is 1. The van der Waals surface area contributed by atoms with E-state index < -0.39 is 5.97 Å². The normalized spacial score (nSPS) is 15.6. The van der Waals surface area contributed by atoms with Crippen LogP contribution in [0, 0.1) is 0 Å². The molecule has 1 aromatic rings. The Labute approximate surface area is 97.6 Å². The van der Waals surface area contributed by atoms with E-state index in [2.05, 4.69) is 10.1 Å². The Kier molecular flexibility index (Phi) is 3.13. The second-order valence-corrected chi connectivity index (χ2v) is 3.62. The van der Waals surface area contributed by atoms with Crippen LogP contribution in [0.3, 0.4) is 0 Å². The maximum Gasteiger partial charge on any atom is 0.352 e. The first-order chi connectivity index (χ1) is 8.16. The fourth-order valence-corrected chi connectivity index (χ4v) is 1.52. The quantitative estimate of drug-likeness (QED) is 0.830. The molecule has 1 aliphatic rings. The zero-order valence-corrected chi connectivity index (χ0v) is 9.04. The molecule has 0 unspecified atom stereocenters. The first kappa shape index (κ1) is 11.3. The van der Waals surface area contributed by atoms with Gasteiger partial charge < -0.3 is 5.11 Å². The first-order valence-electron chi connectivity index (χ1n) is 5.18. The molecule has 2 heterocycles. The van der Waals surface area contributed by atoms with Crippen molar-refractivity contribution in [2.75, 3.05) is 0 Å². The van der Waals surface area contributed by atoms with Crippen molar-refractivity contribution in [3.05, 3.63) is 30.1 Å². The zero-order valence-electron chi connectivity index (χ0n) is 9.04. The standard InChI is InChI=1S/C11H11N3O3/c15-10-5-4-9(11(16)17)13-14(10)7-8-3-1-2-6-12-8/h1-3,6H,4-5,7H2,(H,16,17). The molecule has 0 saturated heterocycles. The van der Waals surface area contributed by atoms with Crippen LogP contribution in [0.2, 0.25) is 0 Å². The minimum Gasteiger partial charge on any atom is -0.477 e. The van der Waals surface area contributed by atoms with Crippen LogP contribution in [0.5, 0.6) is 0 Å². The summed E-state index contributed by atoms with van der Waals surface area (Å²) < 4.78 is 0. The number of pyridine rings is 1. The number of carbonyl (C=O) groups is 2. The molecule has 0 saturated carbocycles. The van der Waals surface area contributed by atoms with E-state index in [1.165, 1.54) is 0 Å². The largest absolute Gasteiger partial charge is 0.477 e. The van der Waals surface area contributed by atoms with Crippen LogP contribution in [0.15, 0.2) is 29.5 Å². The summed E-state index contributed by atoms with van der Waals surface area (Å²) in [5.74, 6) is -1.26. The molecule has 0 bridgehead atoms. The average Bonchev–Trinajstić information content (AvgIpc) is 2.33. The highest BCUT2D eigenvalue weighted by Gasteiger charge is 2.24. The Hall–Kier alpha value is -2.24. The van der Waals surface area contributed by atoms with Crippen molar-refractivity contribution < 1.29 is 14.7 Å². The summed E-state index contributed by atoms with van der Waals surface area (Å²) in [5.41, 5.74) is 0.691. The summed E-state index contributed by atoms with van der Waals surface area (Å²) in [6, 6.07) is 5.34. The number of hydrogen-bond acceptors (Lipinski definition) is 4. The molecule has 6 heteroatoms. The number of carboxylic acid groups (broad SMARTS) is 1. The zero-order chi connectivity index (χ0) is 12.3. The van der Waals surface area contributed by atoms with Gasteiger partial charge in [0.2, 0.25) is 5.91 Å². The minimum atomic E-state index is -1.08. The molecule has 17 heavy (non-hydrogen) atoms. The van der Waals surface area contributed by atoms with E-state index in [-0.39, 0.29) is 31.0 Å². The van der Waals surface area contributed by atoms with Crippen LogP contribution in [-0.4, -0.2) is 32.7 Å². The number of carboxylic acids is 1. The Bertz CT molecular complexity index is 470. The molecule has 6 nitrogen and oxygen atoms in total. The number of nitrogens with zero attached hydrogens (tertiary/aromatic N) is 3. The van der Waals surface area contributed by atoms with Gasteiger partial charge in [-0.15, -0.1) is 0 Å². The van der Waals surface area contributed by atoms with Crippen molar-refractivity contribution in [2.24, 2.45) is 5.10 Å².